The molecule has 0 aromatic carbocycles. The van der Waals surface area contributed by atoms with Crippen LogP contribution in [0.15, 0.2) is 31.5 Å². The van der Waals surface area contributed by atoms with Crippen molar-refractivity contribution < 1.29 is 416 Å². The number of aliphatic hydroxyl groups excluding tert-OH is 7. The van der Waals surface area contributed by atoms with Crippen LogP contribution in [0.25, 0.3) is 11.5 Å². The Kier molecular flexibility index (Phi) is 75.6. The Balaban J connectivity index is -0.000000651. The zero-order valence-corrected chi connectivity index (χ0v) is 82.1. The normalized spacial score (nSPS) is 28.4. The third-order valence-electron chi connectivity index (χ3n) is 14.6. The van der Waals surface area contributed by atoms with E-state index in [-0.39, 0.29) is 311 Å². The number of hydrogen-bond donors (Lipinski definition) is 11. The second-order valence-corrected chi connectivity index (χ2v) is 25.6. The molecule has 6 aliphatic rings. The van der Waals surface area contributed by atoms with Crippen molar-refractivity contribution in [2.45, 2.75) is 149 Å². The largest absolute Gasteiger partial charge is 1.00 e. The Bertz CT molecular complexity index is 3590. The molecule has 7 unspecified atom stereocenters. The molecule has 7 rings (SSSR count). The summed E-state index contributed by atoms with van der Waals surface area (Å²) in [7, 11) is -21.0. The molecule has 65 heteroatoms. The summed E-state index contributed by atoms with van der Waals surface area (Å²) in [5, 5.41) is 95.0. The topological polar surface area (TPSA) is 826 Å². The Hall–Kier alpha value is 0.560. The van der Waals surface area contributed by atoms with Gasteiger partial charge in [-0.1, -0.05) is 29.4 Å². The number of carboxylic acid groups (broad SMARTS) is 1. The first-order valence-corrected chi connectivity index (χ1v) is 37.0. The number of carboxylic acids is 1. The number of aliphatic carboxylic acids is 1. The Morgan fingerprint density at radius 3 is 1.49 bits per heavy atom. The maximum Gasteiger partial charge on any atom is 1.00 e. The van der Waals surface area contributed by atoms with Crippen LogP contribution in [0.5, 0.6) is 0 Å². The summed E-state index contributed by atoms with van der Waals surface area (Å²) < 4.78 is 217. The summed E-state index contributed by atoms with van der Waals surface area (Å²) in [6, 6.07) is -2.98. The van der Waals surface area contributed by atoms with Gasteiger partial charge in [-0.3, -0.25) is 44.2 Å². The Morgan fingerprint density at radius 2 is 1.05 bits per heavy atom. The third kappa shape index (κ3) is 53.5. The summed E-state index contributed by atoms with van der Waals surface area (Å²) in [6.45, 7) is 15.5. The smallest absolute Gasteiger partial charge is 0.726 e. The average molecular weight is 1870 g/mol. The predicted molar refractivity (Wildman–Crippen MR) is 339 cm³/mol. The number of fused-ring (bicyclic) bond motifs is 1. The van der Waals surface area contributed by atoms with Gasteiger partial charge in [-0.05, 0) is 18.3 Å². The van der Waals surface area contributed by atoms with Crippen LogP contribution in [0.4, 0.5) is 0 Å². The van der Waals surface area contributed by atoms with E-state index in [1.54, 1.807) is 6.20 Å². The van der Waals surface area contributed by atoms with Gasteiger partial charge in [0.1, 0.15) is 49.0 Å². The molecule has 0 spiro atoms. The van der Waals surface area contributed by atoms with Gasteiger partial charge >= 0.3 is 234 Å². The minimum absolute atomic E-state index is 0. The minimum atomic E-state index is -4.92. The zero-order valence-electron chi connectivity index (χ0n) is 64.1. The van der Waals surface area contributed by atoms with Gasteiger partial charge in [-0.2, -0.15) is 15.7 Å². The Morgan fingerprint density at radius 1 is 0.627 bits per heavy atom. The van der Waals surface area contributed by atoms with E-state index in [0.717, 1.165) is 4.90 Å². The van der Waals surface area contributed by atoms with Crippen LogP contribution in [-0.4, -0.2) is 369 Å². The van der Waals surface area contributed by atoms with Crippen molar-refractivity contribution in [2.75, 3.05) is 72.5 Å². The van der Waals surface area contributed by atoms with Crippen molar-refractivity contribution in [3.63, 3.8) is 0 Å². The molecule has 13 N–H and O–H groups in total. The molecule has 0 aliphatic carbocycles. The number of aliphatic hydroxyl groups is 7. The van der Waals surface area contributed by atoms with Crippen molar-refractivity contribution in [1.82, 2.24) is 30.1 Å². The fourth-order valence-corrected chi connectivity index (χ4v) is 9.92. The quantitative estimate of drug-likeness (QED) is 0.00607. The van der Waals surface area contributed by atoms with Crippen molar-refractivity contribution >= 4 is 88.2 Å². The molecular formula is C53H78N8Na7O45S5-3. The number of carbonyl (C=O) groups is 5. The second kappa shape index (κ2) is 67.7. The van der Waals surface area contributed by atoms with Gasteiger partial charge in [0.15, 0.2) is 6.29 Å². The van der Waals surface area contributed by atoms with Crippen LogP contribution in [0, 0.1) is 38.7 Å². The van der Waals surface area contributed by atoms with Crippen molar-refractivity contribution in [2.24, 2.45) is 11.8 Å². The summed E-state index contributed by atoms with van der Waals surface area (Å²) >= 11 is 0. The number of ether oxygens (including phenoxy) is 12. The number of rotatable bonds is 32. The predicted octanol–water partition coefficient (Wildman–Crippen LogP) is -32.8. The fraction of sp³-hybridized carbons (Fsp3) is 0.698. The number of amides is 4. The van der Waals surface area contributed by atoms with Gasteiger partial charge in [0.05, 0.1) is 133 Å². The number of carbonyl (C=O) groups excluding carboxylic acids is 7. The number of likely N-dealkylation sites (tertiary alicyclic amines) is 1. The molecule has 0 saturated carbocycles. The van der Waals surface area contributed by atoms with Crippen LogP contribution < -0.4 is 217 Å². The number of aromatic nitrogens is 3. The van der Waals surface area contributed by atoms with Crippen LogP contribution in [-0.2, 0) is 156 Å². The van der Waals surface area contributed by atoms with Crippen molar-refractivity contribution in [1.29, 1.82) is 0 Å². The summed E-state index contributed by atoms with van der Waals surface area (Å²) in [6.07, 6.45) is -19.6. The molecule has 6 saturated heterocycles. The van der Waals surface area contributed by atoms with E-state index in [0.29, 0.717) is 5.69 Å². The van der Waals surface area contributed by atoms with E-state index in [1.807, 2.05) is 0 Å². The molecule has 118 heavy (non-hydrogen) atoms. The maximum atomic E-state index is 13.7. The summed E-state index contributed by atoms with van der Waals surface area (Å²) in [4.78, 5) is 83.8. The van der Waals surface area contributed by atoms with E-state index >= 15 is 0 Å². The maximum absolute atomic E-state index is 13.7. The third-order valence-corrected chi connectivity index (χ3v) is 14.6. The van der Waals surface area contributed by atoms with Gasteiger partial charge in [-0.25, -0.2) is 36.5 Å². The number of nitrogens with one attached hydrogen (secondary N) is 3. The molecule has 4 amide bonds. The van der Waals surface area contributed by atoms with Crippen molar-refractivity contribution in [3.8, 4) is 0 Å². The molecule has 0 radical (unpaired) electrons. The van der Waals surface area contributed by atoms with E-state index in [2.05, 4.69) is 42.6 Å². The van der Waals surface area contributed by atoms with Gasteiger partial charge < -0.3 is 152 Å². The van der Waals surface area contributed by atoms with Crippen molar-refractivity contribution in [3.05, 3.63) is 75.5 Å². The molecule has 1 aromatic heterocycles. The summed E-state index contributed by atoms with van der Waals surface area (Å²) in [5.74, 6) is -5.03. The van der Waals surface area contributed by atoms with Crippen LogP contribution >= 0.6 is 0 Å². The molecule has 1 aromatic rings. The van der Waals surface area contributed by atoms with Gasteiger partial charge in [0.25, 0.3) is 0 Å². The van der Waals surface area contributed by atoms with Gasteiger partial charge in [0, 0.05) is 25.9 Å². The van der Waals surface area contributed by atoms with E-state index in [4.69, 9.17) is 156 Å². The fourth-order valence-electron chi connectivity index (χ4n) is 9.92. The van der Waals surface area contributed by atoms with Gasteiger partial charge in [0.2, 0.25) is 54.8 Å². The van der Waals surface area contributed by atoms with E-state index in [9.17, 15) is 64.8 Å². The number of nitrogens with zero attached hydrogens (tertiary/aromatic N) is 5. The standard InChI is InChI=1S/C52H76N8O25.CO2.7Na.3H2O4S.2O3S/c1-5-30-34-35(31(6-2)83-30)47(71)60(46(34)70)12-16-75-14-10-58(33(63)8-7-32(62)55-9-13-74-17-19-77-49-29(61)21-28(24-79-49)82-50-36(53)40(66)38(64)25(3)80-50)22-27-23-59(57-56-27)11-15-76-18-20-78-52-43(69)42(68)44(45(85-52)48(72)73)84-51-37(54)41(67)39(65)26(4)81-51;2-1-3;;;;;;;;3*1-5(2,3)4;2*1-4(2)3/h5-6,21,23-26,28-31,34-45,49-54,61,64-69H,1-4,7-20,22H2,(H,55,62)(H,72,73);;;;;;;;;3*(H2,1,2,3,4);;/q-6;;7*+1;;;;;/p-4/t25?,26?,28-,29?,30-,31+,34+,35-,36?,37?,38+,39+,40+,41+,42+,43?,44-,45?,49+,50+,51+,52+;;;;;;;;;;;;;/m0............./s1. The first-order chi connectivity index (χ1) is 51.5. The molecular weight excluding hydrogens is 1790 g/mol. The second-order valence-electron chi connectivity index (χ2n) is 22.3. The molecule has 0 bridgehead atoms. The average Bonchev–Trinajstić information content (AvgIpc) is 1.58. The first-order valence-electron chi connectivity index (χ1n) is 30.9. The van der Waals surface area contributed by atoms with Crippen LogP contribution in [0.1, 0.15) is 18.5 Å². The molecule has 640 valence electrons. The van der Waals surface area contributed by atoms with Crippen LogP contribution in [0.2, 0.25) is 0 Å². The first kappa shape index (κ1) is 132. The monoisotopic (exact) mass is 1870 g/mol. The van der Waals surface area contributed by atoms with E-state index < -0.39 is 217 Å². The SMILES string of the molecule is C=C[C@@H]1O[C@H](C=C)[C@@H]2C(=O)N(CCOCCN(Cc3cn(CCOCCO[C@@H]4OC(C(=O)[O-])[C@@H](O[C@H]5OC([CH2-])[C@@H](O)[C@H](O)C5[NH-])[C@H](O)C4O)nn3)C(=O)CCC(=O)NCCOCCO[C@@H]3O[CH-][C@@H](O[C@H]4OC([CH2-])[C@@H](O)[C@H](O)C4[NH-])[CH-]C3O)C(=O)[C@@H]21.O=C=O.O=S(=O)([O-])O.O=S(=O)([O-])O.O=S(=O)([O-])O.O=S(=O)=O.O=S(=O)=O.[Na+].[Na+].[Na+].[Na+].[Na+].[Na+].[Na+]. The van der Waals surface area contributed by atoms with E-state index in [1.165, 1.54) is 34.8 Å². The summed E-state index contributed by atoms with van der Waals surface area (Å²) in [5.41, 5.74) is 16.5. The number of imide groups is 1. The molecule has 6 aliphatic heterocycles. The minimum Gasteiger partial charge on any atom is -0.726 e. The molecule has 7 heterocycles. The Labute approximate surface area is 832 Å². The molecule has 6 fully saturated rings. The van der Waals surface area contributed by atoms with Gasteiger partial charge in [-0.15, -0.1) is 43.5 Å². The molecule has 53 nitrogen and oxygen atoms in total. The number of hydrogen-bond acceptors (Lipinski definition) is 44. The van der Waals surface area contributed by atoms with Crippen LogP contribution in [0.3, 0.4) is 0 Å². The zero-order chi connectivity index (χ0) is 85.0. The molecule has 22 atom stereocenters.